The molecule has 1 amide bonds. The molecular weight excluding hydrogens is 352 g/mol. The van der Waals surface area contributed by atoms with E-state index in [4.69, 9.17) is 4.74 Å². The largest absolute Gasteiger partial charge is 0.497 e. The van der Waals surface area contributed by atoms with E-state index in [0.29, 0.717) is 24.3 Å². The van der Waals surface area contributed by atoms with Crippen molar-refractivity contribution >= 4 is 27.3 Å². The maximum Gasteiger partial charge on any atom is 0.235 e. The molecule has 0 radical (unpaired) electrons. The molecule has 1 heterocycles. The molecule has 138 valence electrons. The summed E-state index contributed by atoms with van der Waals surface area (Å²) in [5.74, 6) is 0.750. The summed E-state index contributed by atoms with van der Waals surface area (Å²) in [5.41, 5.74) is 2.05. The number of carbonyl (C=O) groups excluding carboxylic acids is 1. The van der Waals surface area contributed by atoms with Crippen LogP contribution in [0.2, 0.25) is 0 Å². The number of nitrogens with zero attached hydrogens (tertiary/aromatic N) is 1. The minimum atomic E-state index is -3.27. The quantitative estimate of drug-likeness (QED) is 0.873. The van der Waals surface area contributed by atoms with Crippen LogP contribution < -0.4 is 14.4 Å². The lowest BCUT2D eigenvalue weighted by atomic mass is 10.1. The van der Waals surface area contributed by atoms with Gasteiger partial charge in [0.2, 0.25) is 15.9 Å². The molecule has 0 atom stereocenters. The Labute approximate surface area is 153 Å². The second-order valence-electron chi connectivity index (χ2n) is 6.22. The lowest BCUT2D eigenvalue weighted by Gasteiger charge is -2.28. The van der Waals surface area contributed by atoms with Crippen molar-refractivity contribution in [3.8, 4) is 5.75 Å². The van der Waals surface area contributed by atoms with Gasteiger partial charge in [0.15, 0.2) is 0 Å². The summed E-state index contributed by atoms with van der Waals surface area (Å²) in [6, 6.07) is 14.3. The summed E-state index contributed by atoms with van der Waals surface area (Å²) in [6.45, 7) is 0.478. The molecule has 26 heavy (non-hydrogen) atoms. The monoisotopic (exact) mass is 374 g/mol. The number of hydrogen-bond acceptors (Lipinski definition) is 4. The third-order valence-corrected chi connectivity index (χ3v) is 6.16. The summed E-state index contributed by atoms with van der Waals surface area (Å²) < 4.78 is 31.0. The van der Waals surface area contributed by atoms with Gasteiger partial charge in [0, 0.05) is 12.2 Å². The summed E-state index contributed by atoms with van der Waals surface area (Å²) in [4.78, 5) is 12.3. The zero-order valence-electron chi connectivity index (χ0n) is 14.6. The third kappa shape index (κ3) is 4.35. The Morgan fingerprint density at radius 2 is 1.92 bits per heavy atom. The van der Waals surface area contributed by atoms with Gasteiger partial charge in [0.1, 0.15) is 5.75 Å². The molecular formula is C19H22N2O4S. The number of benzene rings is 2. The molecule has 1 saturated heterocycles. The van der Waals surface area contributed by atoms with E-state index in [0.717, 1.165) is 17.7 Å². The van der Waals surface area contributed by atoms with Crippen molar-refractivity contribution in [2.75, 3.05) is 29.0 Å². The molecule has 1 aliphatic heterocycles. The molecule has 3 rings (SSSR count). The van der Waals surface area contributed by atoms with Gasteiger partial charge in [0.25, 0.3) is 0 Å². The Balaban J connectivity index is 1.69. The van der Waals surface area contributed by atoms with E-state index in [1.807, 2.05) is 24.3 Å². The number of ether oxygens (including phenoxy) is 1. The molecule has 0 aliphatic carbocycles. The van der Waals surface area contributed by atoms with Crippen LogP contribution in [0.5, 0.6) is 5.75 Å². The van der Waals surface area contributed by atoms with Gasteiger partial charge in [-0.1, -0.05) is 18.2 Å². The number of amides is 1. The Morgan fingerprint density at radius 3 is 2.62 bits per heavy atom. The van der Waals surface area contributed by atoms with Crippen LogP contribution >= 0.6 is 0 Å². The fraction of sp³-hybridized carbons (Fsp3) is 0.316. The first-order valence-electron chi connectivity index (χ1n) is 8.51. The summed E-state index contributed by atoms with van der Waals surface area (Å²) in [7, 11) is -1.67. The normalized spacial score (nSPS) is 16.1. The van der Waals surface area contributed by atoms with Crippen molar-refractivity contribution in [2.45, 2.75) is 19.3 Å². The van der Waals surface area contributed by atoms with E-state index >= 15 is 0 Å². The van der Waals surface area contributed by atoms with E-state index in [-0.39, 0.29) is 18.1 Å². The van der Waals surface area contributed by atoms with Crippen LogP contribution in [0.3, 0.4) is 0 Å². The first-order valence-corrected chi connectivity index (χ1v) is 10.1. The van der Waals surface area contributed by atoms with E-state index in [1.165, 1.54) is 4.31 Å². The number of carbonyl (C=O) groups is 1. The number of rotatable bonds is 5. The first kappa shape index (κ1) is 18.3. The fourth-order valence-corrected chi connectivity index (χ4v) is 4.58. The van der Waals surface area contributed by atoms with Gasteiger partial charge in [-0.2, -0.15) is 0 Å². The van der Waals surface area contributed by atoms with Gasteiger partial charge in [0.05, 0.1) is 25.0 Å². The SMILES string of the molecule is COc1ccc(CC(=O)Nc2cccc(N3CCCCS3(=O)=O)c2)cc1. The minimum Gasteiger partial charge on any atom is -0.497 e. The van der Waals surface area contributed by atoms with Crippen molar-refractivity contribution in [3.05, 3.63) is 54.1 Å². The van der Waals surface area contributed by atoms with Crippen molar-refractivity contribution in [1.82, 2.24) is 0 Å². The number of sulfonamides is 1. The third-order valence-electron chi connectivity index (χ3n) is 4.29. The zero-order valence-corrected chi connectivity index (χ0v) is 15.5. The second kappa shape index (κ2) is 7.78. The molecule has 1 fully saturated rings. The minimum absolute atomic E-state index is 0.159. The highest BCUT2D eigenvalue weighted by Gasteiger charge is 2.26. The lowest BCUT2D eigenvalue weighted by molar-refractivity contribution is -0.115. The topological polar surface area (TPSA) is 75.7 Å². The van der Waals surface area contributed by atoms with Crippen LogP contribution in [-0.2, 0) is 21.2 Å². The summed E-state index contributed by atoms with van der Waals surface area (Å²) in [5, 5.41) is 2.83. The Hall–Kier alpha value is -2.54. The van der Waals surface area contributed by atoms with Crippen LogP contribution in [0.15, 0.2) is 48.5 Å². The van der Waals surface area contributed by atoms with E-state index in [2.05, 4.69) is 5.32 Å². The Bertz CT molecular complexity index is 879. The molecule has 0 bridgehead atoms. The molecule has 0 aromatic heterocycles. The van der Waals surface area contributed by atoms with E-state index in [9.17, 15) is 13.2 Å². The number of anilines is 2. The molecule has 2 aromatic carbocycles. The highest BCUT2D eigenvalue weighted by atomic mass is 32.2. The lowest BCUT2D eigenvalue weighted by Crippen LogP contribution is -2.37. The highest BCUT2D eigenvalue weighted by molar-refractivity contribution is 7.92. The van der Waals surface area contributed by atoms with Crippen molar-refractivity contribution in [2.24, 2.45) is 0 Å². The number of methoxy groups -OCH3 is 1. The first-order chi connectivity index (χ1) is 12.5. The standard InChI is InChI=1S/C19H22N2O4S/c1-25-18-9-7-15(8-10-18)13-19(22)20-16-5-4-6-17(14-16)21-11-2-3-12-26(21,23)24/h4-10,14H,2-3,11-13H2,1H3,(H,20,22). The maximum absolute atomic E-state index is 12.3. The fourth-order valence-electron chi connectivity index (χ4n) is 2.95. The predicted molar refractivity (Wildman–Crippen MR) is 102 cm³/mol. The molecule has 1 N–H and O–H groups in total. The average molecular weight is 374 g/mol. The van der Waals surface area contributed by atoms with Crippen molar-refractivity contribution in [3.63, 3.8) is 0 Å². The van der Waals surface area contributed by atoms with Gasteiger partial charge in [-0.15, -0.1) is 0 Å². The van der Waals surface area contributed by atoms with Crippen LogP contribution in [0.4, 0.5) is 11.4 Å². The van der Waals surface area contributed by atoms with Crippen LogP contribution in [0.25, 0.3) is 0 Å². The van der Waals surface area contributed by atoms with Crippen LogP contribution in [-0.4, -0.2) is 33.7 Å². The molecule has 6 nitrogen and oxygen atoms in total. The molecule has 2 aromatic rings. The van der Waals surface area contributed by atoms with Crippen LogP contribution in [0, 0.1) is 0 Å². The Kier molecular flexibility index (Phi) is 5.46. The summed E-state index contributed by atoms with van der Waals surface area (Å²) >= 11 is 0. The van der Waals surface area contributed by atoms with Crippen molar-refractivity contribution in [1.29, 1.82) is 0 Å². The molecule has 0 unspecified atom stereocenters. The molecule has 7 heteroatoms. The maximum atomic E-state index is 12.3. The van der Waals surface area contributed by atoms with Gasteiger partial charge in [-0.3, -0.25) is 9.10 Å². The van der Waals surface area contributed by atoms with E-state index in [1.54, 1.807) is 31.4 Å². The molecule has 1 aliphatic rings. The zero-order chi connectivity index (χ0) is 18.6. The van der Waals surface area contributed by atoms with Gasteiger partial charge < -0.3 is 10.1 Å². The van der Waals surface area contributed by atoms with Gasteiger partial charge in [-0.05, 0) is 48.7 Å². The number of hydrogen-bond donors (Lipinski definition) is 1. The average Bonchev–Trinajstić information content (AvgIpc) is 2.62. The highest BCUT2D eigenvalue weighted by Crippen LogP contribution is 2.26. The van der Waals surface area contributed by atoms with Gasteiger partial charge >= 0.3 is 0 Å². The van der Waals surface area contributed by atoms with Crippen LogP contribution in [0.1, 0.15) is 18.4 Å². The predicted octanol–water partition coefficient (Wildman–Crippen LogP) is 2.81. The summed E-state index contributed by atoms with van der Waals surface area (Å²) in [6.07, 6.45) is 1.76. The second-order valence-corrected chi connectivity index (χ2v) is 8.23. The van der Waals surface area contributed by atoms with Gasteiger partial charge in [-0.25, -0.2) is 8.42 Å². The molecule has 0 spiro atoms. The van der Waals surface area contributed by atoms with E-state index < -0.39 is 10.0 Å². The van der Waals surface area contributed by atoms with Crippen molar-refractivity contribution < 1.29 is 17.9 Å². The number of nitrogens with one attached hydrogen (secondary N) is 1. The Morgan fingerprint density at radius 1 is 1.15 bits per heavy atom. The smallest absolute Gasteiger partial charge is 0.235 e. The molecule has 0 saturated carbocycles.